The molecule has 1 aliphatic carbocycles. The standard InChI is InChI=1S/C15H18N4O2/c1-11-2-5-13(21-11)6-7-14(20)16-8-9-19-10-17-18-15(19)12-3-4-12/h2,5-7,10,12H,3-4,8-9H2,1H3,(H,16,20). The van der Waals surface area contributed by atoms with Crippen molar-refractivity contribution in [1.29, 1.82) is 0 Å². The van der Waals surface area contributed by atoms with E-state index in [0.717, 1.165) is 11.6 Å². The number of aryl methyl sites for hydroxylation is 1. The summed E-state index contributed by atoms with van der Waals surface area (Å²) < 4.78 is 7.37. The Balaban J connectivity index is 1.45. The predicted octanol–water partition coefficient (Wildman–Crippen LogP) is 1.89. The summed E-state index contributed by atoms with van der Waals surface area (Å²) in [6, 6.07) is 3.70. The number of hydrogen-bond acceptors (Lipinski definition) is 4. The van der Waals surface area contributed by atoms with Gasteiger partial charge in [0.25, 0.3) is 0 Å². The highest BCUT2D eigenvalue weighted by Crippen LogP contribution is 2.38. The molecule has 21 heavy (non-hydrogen) atoms. The minimum Gasteiger partial charge on any atom is -0.462 e. The molecular formula is C15H18N4O2. The van der Waals surface area contributed by atoms with Crippen LogP contribution in [0.15, 0.2) is 29.0 Å². The Labute approximate surface area is 122 Å². The first-order valence-corrected chi connectivity index (χ1v) is 7.12. The van der Waals surface area contributed by atoms with E-state index in [1.54, 1.807) is 12.4 Å². The molecule has 0 aromatic carbocycles. The molecule has 0 spiro atoms. The highest BCUT2D eigenvalue weighted by atomic mass is 16.3. The van der Waals surface area contributed by atoms with Gasteiger partial charge in [0, 0.05) is 25.1 Å². The maximum Gasteiger partial charge on any atom is 0.244 e. The van der Waals surface area contributed by atoms with Crippen LogP contribution < -0.4 is 5.32 Å². The van der Waals surface area contributed by atoms with Gasteiger partial charge in [0.1, 0.15) is 23.7 Å². The SMILES string of the molecule is Cc1ccc(C=CC(=O)NCCn2cnnc2C2CC2)o1. The van der Waals surface area contributed by atoms with Gasteiger partial charge < -0.3 is 14.3 Å². The summed E-state index contributed by atoms with van der Waals surface area (Å²) in [5.41, 5.74) is 0. The topological polar surface area (TPSA) is 73.0 Å². The van der Waals surface area contributed by atoms with E-state index < -0.39 is 0 Å². The maximum absolute atomic E-state index is 11.7. The maximum atomic E-state index is 11.7. The first-order valence-electron chi connectivity index (χ1n) is 7.12. The van der Waals surface area contributed by atoms with Gasteiger partial charge >= 0.3 is 0 Å². The number of hydrogen-bond donors (Lipinski definition) is 1. The van der Waals surface area contributed by atoms with Crippen LogP contribution in [0.4, 0.5) is 0 Å². The molecule has 110 valence electrons. The van der Waals surface area contributed by atoms with Crippen molar-refractivity contribution in [3.63, 3.8) is 0 Å². The minimum absolute atomic E-state index is 0.134. The van der Waals surface area contributed by atoms with Crippen LogP contribution in [-0.2, 0) is 11.3 Å². The molecule has 2 aromatic heterocycles. The fourth-order valence-corrected chi connectivity index (χ4v) is 2.15. The quantitative estimate of drug-likeness (QED) is 0.823. The average molecular weight is 286 g/mol. The van der Waals surface area contributed by atoms with Crippen LogP contribution in [0.1, 0.15) is 36.1 Å². The molecule has 0 saturated heterocycles. The largest absolute Gasteiger partial charge is 0.462 e. The van der Waals surface area contributed by atoms with Crippen LogP contribution in [0.25, 0.3) is 6.08 Å². The van der Waals surface area contributed by atoms with E-state index in [9.17, 15) is 4.79 Å². The summed E-state index contributed by atoms with van der Waals surface area (Å²) in [5.74, 6) is 2.97. The van der Waals surface area contributed by atoms with E-state index in [2.05, 4.69) is 15.5 Å². The zero-order chi connectivity index (χ0) is 14.7. The number of rotatable bonds is 6. The zero-order valence-corrected chi connectivity index (χ0v) is 12.0. The van der Waals surface area contributed by atoms with Crippen LogP contribution in [0.5, 0.6) is 0 Å². The second-order valence-corrected chi connectivity index (χ2v) is 5.23. The van der Waals surface area contributed by atoms with Gasteiger partial charge in [0.2, 0.25) is 5.91 Å². The molecule has 2 aromatic rings. The van der Waals surface area contributed by atoms with Crippen molar-refractivity contribution < 1.29 is 9.21 Å². The highest BCUT2D eigenvalue weighted by molar-refractivity contribution is 5.91. The number of aromatic nitrogens is 3. The normalized spacial score (nSPS) is 14.7. The highest BCUT2D eigenvalue weighted by Gasteiger charge is 2.28. The van der Waals surface area contributed by atoms with Crippen molar-refractivity contribution in [1.82, 2.24) is 20.1 Å². The number of carbonyl (C=O) groups is 1. The summed E-state index contributed by atoms with van der Waals surface area (Å²) in [7, 11) is 0. The fraction of sp³-hybridized carbons (Fsp3) is 0.400. The number of nitrogens with one attached hydrogen (secondary N) is 1. The molecule has 1 fully saturated rings. The Morgan fingerprint density at radius 2 is 2.38 bits per heavy atom. The monoisotopic (exact) mass is 286 g/mol. The lowest BCUT2D eigenvalue weighted by molar-refractivity contribution is -0.116. The van der Waals surface area contributed by atoms with Crippen molar-refractivity contribution in [2.75, 3.05) is 6.54 Å². The van der Waals surface area contributed by atoms with E-state index in [1.807, 2.05) is 23.6 Å². The van der Waals surface area contributed by atoms with Gasteiger partial charge in [0.15, 0.2) is 0 Å². The van der Waals surface area contributed by atoms with Gasteiger partial charge in [-0.25, -0.2) is 0 Å². The third-order valence-corrected chi connectivity index (χ3v) is 3.40. The van der Waals surface area contributed by atoms with Gasteiger partial charge in [-0.1, -0.05) is 0 Å². The lowest BCUT2D eigenvalue weighted by Crippen LogP contribution is -2.25. The molecule has 1 amide bonds. The number of amides is 1. The molecule has 0 radical (unpaired) electrons. The van der Waals surface area contributed by atoms with E-state index >= 15 is 0 Å². The zero-order valence-electron chi connectivity index (χ0n) is 12.0. The lowest BCUT2D eigenvalue weighted by atomic mass is 10.3. The molecule has 2 heterocycles. The smallest absolute Gasteiger partial charge is 0.244 e. The third-order valence-electron chi connectivity index (χ3n) is 3.40. The molecule has 3 rings (SSSR count). The van der Waals surface area contributed by atoms with Crippen LogP contribution in [-0.4, -0.2) is 27.2 Å². The molecule has 0 atom stereocenters. The van der Waals surface area contributed by atoms with Gasteiger partial charge in [-0.05, 0) is 38.0 Å². The Hall–Kier alpha value is -2.37. The molecule has 1 aliphatic rings. The van der Waals surface area contributed by atoms with E-state index in [4.69, 9.17) is 4.42 Å². The van der Waals surface area contributed by atoms with Gasteiger partial charge in [-0.2, -0.15) is 0 Å². The van der Waals surface area contributed by atoms with E-state index in [1.165, 1.54) is 18.9 Å². The van der Waals surface area contributed by atoms with Crippen molar-refractivity contribution in [2.24, 2.45) is 0 Å². The average Bonchev–Trinajstić information content (AvgIpc) is 3.06. The lowest BCUT2D eigenvalue weighted by Gasteiger charge is -2.05. The molecule has 0 bridgehead atoms. The van der Waals surface area contributed by atoms with Crippen molar-refractivity contribution in [2.45, 2.75) is 32.2 Å². The molecule has 0 aliphatic heterocycles. The van der Waals surface area contributed by atoms with E-state index in [-0.39, 0.29) is 5.91 Å². The van der Waals surface area contributed by atoms with Crippen LogP contribution in [0.2, 0.25) is 0 Å². The van der Waals surface area contributed by atoms with E-state index in [0.29, 0.717) is 24.8 Å². The third kappa shape index (κ3) is 3.59. The summed E-state index contributed by atoms with van der Waals surface area (Å²) >= 11 is 0. The number of carbonyl (C=O) groups excluding carboxylic acids is 1. The first kappa shape index (κ1) is 13.6. The van der Waals surface area contributed by atoms with Gasteiger partial charge in [0.05, 0.1) is 0 Å². The summed E-state index contributed by atoms with van der Waals surface area (Å²) in [4.78, 5) is 11.7. The summed E-state index contributed by atoms with van der Waals surface area (Å²) in [6.07, 6.45) is 7.25. The van der Waals surface area contributed by atoms with Crippen molar-refractivity contribution in [3.8, 4) is 0 Å². The van der Waals surface area contributed by atoms with Gasteiger partial charge in [-0.3, -0.25) is 4.79 Å². The van der Waals surface area contributed by atoms with Crippen LogP contribution in [0.3, 0.4) is 0 Å². The Morgan fingerprint density at radius 1 is 1.52 bits per heavy atom. The van der Waals surface area contributed by atoms with Gasteiger partial charge in [-0.15, -0.1) is 10.2 Å². The Morgan fingerprint density at radius 3 is 3.10 bits per heavy atom. The molecule has 0 unspecified atom stereocenters. The molecule has 6 heteroatoms. The molecule has 1 N–H and O–H groups in total. The second-order valence-electron chi connectivity index (χ2n) is 5.23. The summed E-state index contributed by atoms with van der Waals surface area (Å²) in [6.45, 7) is 3.12. The van der Waals surface area contributed by atoms with Crippen molar-refractivity contribution >= 4 is 12.0 Å². The molecule has 1 saturated carbocycles. The van der Waals surface area contributed by atoms with Crippen molar-refractivity contribution in [3.05, 3.63) is 41.9 Å². The molecular weight excluding hydrogens is 268 g/mol. The summed E-state index contributed by atoms with van der Waals surface area (Å²) in [5, 5.41) is 10.9. The Bertz CT molecular complexity index is 652. The Kier molecular flexibility index (Phi) is 3.85. The fourth-order valence-electron chi connectivity index (χ4n) is 2.15. The minimum atomic E-state index is -0.134. The molecule has 6 nitrogen and oxygen atoms in total. The van der Waals surface area contributed by atoms with Crippen LogP contribution in [0, 0.1) is 6.92 Å². The van der Waals surface area contributed by atoms with Crippen LogP contribution >= 0.6 is 0 Å². The number of nitrogens with zero attached hydrogens (tertiary/aromatic N) is 3. The first-order chi connectivity index (χ1) is 10.2. The number of furan rings is 1. The predicted molar refractivity (Wildman–Crippen MR) is 77.5 cm³/mol. The second kappa shape index (κ2) is 5.95.